The number of thiophene rings is 1. The first-order valence-electron chi connectivity index (χ1n) is 8.89. The zero-order valence-electron chi connectivity index (χ0n) is 14.9. The van der Waals surface area contributed by atoms with Crippen LogP contribution in [0.1, 0.15) is 49.0 Å². The summed E-state index contributed by atoms with van der Waals surface area (Å²) in [4.78, 5) is 41.5. The number of aromatic nitrogens is 1. The number of carbonyl (C=O) groups excluding carboxylic acids is 1. The van der Waals surface area contributed by atoms with Gasteiger partial charge in [0.25, 0.3) is 5.91 Å². The Kier molecular flexibility index (Phi) is 4.39. The number of aryl methyl sites for hydroxylation is 1. The van der Waals surface area contributed by atoms with Gasteiger partial charge in [0.1, 0.15) is 10.5 Å². The first kappa shape index (κ1) is 17.9. The van der Waals surface area contributed by atoms with E-state index in [1.807, 2.05) is 0 Å². The fourth-order valence-corrected chi connectivity index (χ4v) is 5.21. The van der Waals surface area contributed by atoms with Crippen LogP contribution in [0.5, 0.6) is 0 Å². The molecular weight excluding hydrogens is 368 g/mol. The van der Waals surface area contributed by atoms with Crippen molar-refractivity contribution in [3.63, 3.8) is 0 Å². The van der Waals surface area contributed by atoms with Gasteiger partial charge in [-0.15, -0.1) is 11.3 Å². The number of carbonyl (C=O) groups is 2. The minimum absolute atomic E-state index is 0.160. The molecule has 0 atom stereocenters. The maximum Gasteiger partial charge on any atom is 0.345 e. The lowest BCUT2D eigenvalue weighted by Crippen LogP contribution is -2.48. The largest absolute Gasteiger partial charge is 0.477 e. The van der Waals surface area contributed by atoms with E-state index >= 15 is 0 Å². The van der Waals surface area contributed by atoms with E-state index in [0.29, 0.717) is 48.7 Å². The van der Waals surface area contributed by atoms with Crippen molar-refractivity contribution >= 4 is 23.2 Å². The number of H-pyrrole nitrogens is 1. The number of carboxylic acids is 1. The molecule has 1 fully saturated rings. The highest BCUT2D eigenvalue weighted by Crippen LogP contribution is 2.45. The number of nitrogens with one attached hydrogen (secondary N) is 1. The van der Waals surface area contributed by atoms with Gasteiger partial charge in [0.05, 0.1) is 6.61 Å². The van der Waals surface area contributed by atoms with Gasteiger partial charge in [-0.3, -0.25) is 9.59 Å². The quantitative estimate of drug-likeness (QED) is 0.821. The van der Waals surface area contributed by atoms with E-state index in [2.05, 4.69) is 4.98 Å². The summed E-state index contributed by atoms with van der Waals surface area (Å²) in [6.45, 7) is 3.32. The highest BCUT2D eigenvalue weighted by atomic mass is 32.1. The number of likely N-dealkylation sites (tertiary alicyclic amines) is 1. The van der Waals surface area contributed by atoms with E-state index in [4.69, 9.17) is 4.74 Å². The van der Waals surface area contributed by atoms with Crippen LogP contribution in [0.15, 0.2) is 23.0 Å². The van der Waals surface area contributed by atoms with E-state index in [9.17, 15) is 19.5 Å². The van der Waals surface area contributed by atoms with Crippen LogP contribution in [0.3, 0.4) is 0 Å². The molecule has 2 aromatic rings. The van der Waals surface area contributed by atoms with Crippen LogP contribution in [0, 0.1) is 6.92 Å². The van der Waals surface area contributed by atoms with Crippen molar-refractivity contribution < 1.29 is 19.4 Å². The third-order valence-corrected chi connectivity index (χ3v) is 6.62. The first-order chi connectivity index (χ1) is 12.9. The maximum absolute atomic E-state index is 12.8. The zero-order chi connectivity index (χ0) is 19.2. The molecule has 142 valence electrons. The predicted octanol–water partition coefficient (Wildman–Crippen LogP) is 2.15. The fraction of sp³-hybridized carbons (Fsp3) is 0.421. The second-order valence-electron chi connectivity index (χ2n) is 7.07. The summed E-state index contributed by atoms with van der Waals surface area (Å²) in [5, 5.41) is 9.30. The number of piperidine rings is 1. The highest BCUT2D eigenvalue weighted by molar-refractivity contribution is 7.14. The molecule has 2 aliphatic heterocycles. The summed E-state index contributed by atoms with van der Waals surface area (Å²) >= 11 is 1.29. The van der Waals surface area contributed by atoms with Crippen LogP contribution in [-0.4, -0.2) is 46.6 Å². The van der Waals surface area contributed by atoms with Gasteiger partial charge in [-0.2, -0.15) is 0 Å². The molecule has 4 rings (SSSR count). The molecule has 2 N–H and O–H groups in total. The smallest absolute Gasteiger partial charge is 0.345 e. The molecule has 0 aromatic carbocycles. The number of carboxylic acid groups (broad SMARTS) is 1. The predicted molar refractivity (Wildman–Crippen MR) is 99.5 cm³/mol. The molecule has 8 heteroatoms. The Labute approximate surface area is 159 Å². The molecule has 2 aromatic heterocycles. The van der Waals surface area contributed by atoms with Crippen LogP contribution >= 0.6 is 11.3 Å². The van der Waals surface area contributed by atoms with Crippen LogP contribution < -0.4 is 5.56 Å². The van der Waals surface area contributed by atoms with Crippen molar-refractivity contribution in [1.29, 1.82) is 0 Å². The van der Waals surface area contributed by atoms with Gasteiger partial charge in [0, 0.05) is 35.3 Å². The Morgan fingerprint density at radius 3 is 2.67 bits per heavy atom. The van der Waals surface area contributed by atoms with Crippen LogP contribution in [0.25, 0.3) is 0 Å². The van der Waals surface area contributed by atoms with Crippen LogP contribution in [0.4, 0.5) is 0 Å². The number of aromatic carboxylic acids is 1. The molecule has 1 spiro atoms. The topological polar surface area (TPSA) is 99.7 Å². The second kappa shape index (κ2) is 6.61. The van der Waals surface area contributed by atoms with Crippen LogP contribution in [-0.2, 0) is 16.8 Å². The van der Waals surface area contributed by atoms with Gasteiger partial charge in [-0.25, -0.2) is 4.79 Å². The standard InChI is InChI=1S/C19H20N2O5S/c1-11-8-13(10-15(22)20-11)17(23)21-5-3-19(4-6-21)16-12(2-7-26-19)9-14(27-16)18(24)25/h8-10H,2-7H2,1H3,(H,20,22)(H,24,25). The summed E-state index contributed by atoms with van der Waals surface area (Å²) in [5.41, 5.74) is 1.30. The molecule has 7 nitrogen and oxygen atoms in total. The van der Waals surface area contributed by atoms with Crippen molar-refractivity contribution in [3.8, 4) is 0 Å². The first-order valence-corrected chi connectivity index (χ1v) is 9.70. The van der Waals surface area contributed by atoms with E-state index in [1.165, 1.54) is 17.4 Å². The molecule has 0 bridgehead atoms. The monoisotopic (exact) mass is 388 g/mol. The fourth-order valence-electron chi connectivity index (χ4n) is 3.96. The minimum atomic E-state index is -0.915. The van der Waals surface area contributed by atoms with Crippen molar-refractivity contribution in [1.82, 2.24) is 9.88 Å². The summed E-state index contributed by atoms with van der Waals surface area (Å²) in [6, 6.07) is 4.76. The highest BCUT2D eigenvalue weighted by Gasteiger charge is 2.43. The Balaban J connectivity index is 1.55. The van der Waals surface area contributed by atoms with Gasteiger partial charge in [0.2, 0.25) is 5.56 Å². The Hall–Kier alpha value is -2.45. The van der Waals surface area contributed by atoms with Crippen molar-refractivity contribution in [2.24, 2.45) is 0 Å². The van der Waals surface area contributed by atoms with Crippen molar-refractivity contribution in [2.45, 2.75) is 31.8 Å². The Morgan fingerprint density at radius 1 is 1.26 bits per heavy atom. The third kappa shape index (κ3) is 3.19. The van der Waals surface area contributed by atoms with Gasteiger partial charge in [-0.05, 0) is 43.9 Å². The van der Waals surface area contributed by atoms with E-state index in [0.717, 1.165) is 16.9 Å². The number of hydrogen-bond donors (Lipinski definition) is 2. The zero-order valence-corrected chi connectivity index (χ0v) is 15.7. The normalized spacial score (nSPS) is 18.3. The summed E-state index contributed by atoms with van der Waals surface area (Å²) in [7, 11) is 0. The second-order valence-corrected chi connectivity index (χ2v) is 8.12. The Bertz CT molecular complexity index is 969. The average molecular weight is 388 g/mol. The van der Waals surface area contributed by atoms with Gasteiger partial charge >= 0.3 is 5.97 Å². The molecule has 0 unspecified atom stereocenters. The number of ether oxygens (including phenoxy) is 1. The number of pyridine rings is 1. The van der Waals surface area contributed by atoms with E-state index < -0.39 is 11.6 Å². The minimum Gasteiger partial charge on any atom is -0.477 e. The summed E-state index contributed by atoms with van der Waals surface area (Å²) in [6.07, 6.45) is 1.95. The molecule has 4 heterocycles. The van der Waals surface area contributed by atoms with Crippen molar-refractivity contribution in [3.05, 3.63) is 55.1 Å². The lowest BCUT2D eigenvalue weighted by molar-refractivity contribution is -0.0906. The molecule has 0 saturated carbocycles. The molecule has 27 heavy (non-hydrogen) atoms. The van der Waals surface area contributed by atoms with Gasteiger partial charge in [-0.1, -0.05) is 0 Å². The number of amides is 1. The third-order valence-electron chi connectivity index (χ3n) is 5.27. The molecule has 2 aliphatic rings. The number of fused-ring (bicyclic) bond motifs is 2. The van der Waals surface area contributed by atoms with E-state index in [-0.39, 0.29) is 11.5 Å². The summed E-state index contributed by atoms with van der Waals surface area (Å²) < 4.78 is 6.12. The molecule has 1 saturated heterocycles. The number of nitrogens with zero attached hydrogens (tertiary/aromatic N) is 1. The van der Waals surface area contributed by atoms with Gasteiger partial charge < -0.3 is 19.7 Å². The molecular formula is C19H20N2O5S. The summed E-state index contributed by atoms with van der Waals surface area (Å²) in [5.74, 6) is -1.07. The van der Waals surface area contributed by atoms with Gasteiger partial charge in [0.15, 0.2) is 0 Å². The molecule has 0 aliphatic carbocycles. The van der Waals surface area contributed by atoms with Crippen molar-refractivity contribution in [2.75, 3.05) is 19.7 Å². The van der Waals surface area contributed by atoms with Crippen LogP contribution in [0.2, 0.25) is 0 Å². The maximum atomic E-state index is 12.8. The number of rotatable bonds is 2. The number of aromatic amines is 1. The molecule has 0 radical (unpaired) electrons. The Morgan fingerprint density at radius 2 is 2.00 bits per heavy atom. The molecule has 1 amide bonds. The lowest BCUT2D eigenvalue weighted by Gasteiger charge is -2.43. The average Bonchev–Trinajstić information content (AvgIpc) is 3.07. The number of hydrogen-bond acceptors (Lipinski definition) is 5. The lowest BCUT2D eigenvalue weighted by atomic mass is 9.85. The van der Waals surface area contributed by atoms with E-state index in [1.54, 1.807) is 24.0 Å². The SMILES string of the molecule is Cc1cc(C(=O)N2CCC3(CC2)OCCc2cc(C(=O)O)sc23)cc(=O)[nH]1.